The molecule has 0 aliphatic rings. The number of aromatic nitrogens is 2. The molecule has 0 bridgehead atoms. The number of rotatable bonds is 4. The summed E-state index contributed by atoms with van der Waals surface area (Å²) in [6.45, 7) is -0.434. The molecule has 0 aromatic carbocycles. The van der Waals surface area contributed by atoms with Gasteiger partial charge in [-0.25, -0.2) is 9.78 Å². The summed E-state index contributed by atoms with van der Waals surface area (Å²) in [5.41, 5.74) is 0.598. The first-order valence-electron chi connectivity index (χ1n) is 5.74. The van der Waals surface area contributed by atoms with Crippen molar-refractivity contribution in [2.24, 2.45) is 0 Å². The van der Waals surface area contributed by atoms with Crippen LogP contribution >= 0.6 is 27.5 Å². The van der Waals surface area contributed by atoms with E-state index in [1.165, 1.54) is 18.6 Å². The minimum absolute atomic E-state index is 0.161. The Morgan fingerprint density at radius 2 is 2.19 bits per heavy atom. The second kappa shape index (κ2) is 7.14. The molecule has 0 radical (unpaired) electrons. The normalized spacial score (nSPS) is 10.0. The van der Waals surface area contributed by atoms with Crippen molar-refractivity contribution < 1.29 is 14.3 Å². The number of carbonyl (C=O) groups is 2. The number of ether oxygens (including phenoxy) is 1. The van der Waals surface area contributed by atoms with E-state index in [-0.39, 0.29) is 10.7 Å². The highest BCUT2D eigenvalue weighted by Gasteiger charge is 2.12. The molecule has 108 valence electrons. The number of pyridine rings is 2. The maximum absolute atomic E-state index is 11.7. The molecule has 1 N–H and O–H groups in total. The monoisotopic (exact) mass is 369 g/mol. The van der Waals surface area contributed by atoms with Gasteiger partial charge >= 0.3 is 5.97 Å². The Labute approximate surface area is 133 Å². The Balaban J connectivity index is 1.90. The summed E-state index contributed by atoms with van der Waals surface area (Å²) >= 11 is 8.99. The molecule has 0 atom stereocenters. The molecule has 8 heteroatoms. The first-order valence-corrected chi connectivity index (χ1v) is 6.91. The fourth-order valence-electron chi connectivity index (χ4n) is 1.40. The van der Waals surface area contributed by atoms with E-state index in [1.807, 2.05) is 0 Å². The van der Waals surface area contributed by atoms with Crippen molar-refractivity contribution in [2.75, 3.05) is 11.9 Å². The van der Waals surface area contributed by atoms with Gasteiger partial charge in [0.05, 0.1) is 11.3 Å². The molecule has 21 heavy (non-hydrogen) atoms. The summed E-state index contributed by atoms with van der Waals surface area (Å²) in [6, 6.07) is 4.76. The van der Waals surface area contributed by atoms with Gasteiger partial charge in [-0.2, -0.15) is 0 Å². The van der Waals surface area contributed by atoms with Crippen LogP contribution in [-0.2, 0) is 9.53 Å². The third-order valence-corrected chi connectivity index (χ3v) is 3.04. The number of esters is 1. The molecule has 0 spiro atoms. The molecule has 0 saturated heterocycles. The van der Waals surface area contributed by atoms with Crippen LogP contribution in [0, 0.1) is 0 Å². The van der Waals surface area contributed by atoms with Crippen LogP contribution in [0.5, 0.6) is 0 Å². The zero-order valence-corrected chi connectivity index (χ0v) is 12.9. The minimum Gasteiger partial charge on any atom is -0.452 e. The quantitative estimate of drug-likeness (QED) is 0.661. The van der Waals surface area contributed by atoms with Gasteiger partial charge in [-0.3, -0.25) is 9.78 Å². The zero-order chi connectivity index (χ0) is 15.2. The molecule has 2 heterocycles. The Hall–Kier alpha value is -1.99. The number of anilines is 1. The van der Waals surface area contributed by atoms with Gasteiger partial charge in [0.15, 0.2) is 11.8 Å². The summed E-state index contributed by atoms with van der Waals surface area (Å²) in [5, 5.41) is 2.65. The van der Waals surface area contributed by atoms with E-state index in [4.69, 9.17) is 16.3 Å². The lowest BCUT2D eigenvalue weighted by Crippen LogP contribution is -2.21. The van der Waals surface area contributed by atoms with Crippen LogP contribution < -0.4 is 5.32 Å². The van der Waals surface area contributed by atoms with E-state index in [1.54, 1.807) is 18.2 Å². The lowest BCUT2D eigenvalue weighted by atomic mass is 10.3. The molecule has 6 nitrogen and oxygen atoms in total. The standard InChI is InChI=1S/C13H9BrClN3O3/c14-9-4-8(5-16-6-9)13(20)21-7-11(19)18-10-2-1-3-17-12(10)15/h1-6H,7H2,(H,18,19). The van der Waals surface area contributed by atoms with E-state index in [9.17, 15) is 9.59 Å². The SMILES string of the molecule is O=C(COC(=O)c1cncc(Br)c1)Nc1cccnc1Cl. The second-order valence-corrected chi connectivity index (χ2v) is 5.13. The Morgan fingerprint density at radius 3 is 2.90 bits per heavy atom. The maximum atomic E-state index is 11.7. The van der Waals surface area contributed by atoms with E-state index >= 15 is 0 Å². The van der Waals surface area contributed by atoms with Crippen LogP contribution in [0.25, 0.3) is 0 Å². The van der Waals surface area contributed by atoms with E-state index in [0.29, 0.717) is 10.2 Å². The van der Waals surface area contributed by atoms with Gasteiger partial charge in [0, 0.05) is 23.1 Å². The molecule has 2 aromatic heterocycles. The van der Waals surface area contributed by atoms with Crippen molar-refractivity contribution in [3.05, 3.63) is 52.0 Å². The molecule has 0 aliphatic heterocycles. The molecular formula is C13H9BrClN3O3. The van der Waals surface area contributed by atoms with Gasteiger partial charge < -0.3 is 10.1 Å². The molecule has 0 unspecified atom stereocenters. The van der Waals surface area contributed by atoms with E-state index in [0.717, 1.165) is 0 Å². The Morgan fingerprint density at radius 1 is 1.38 bits per heavy atom. The van der Waals surface area contributed by atoms with Gasteiger partial charge in [0.25, 0.3) is 5.91 Å². The number of hydrogen-bond acceptors (Lipinski definition) is 5. The molecule has 0 saturated carbocycles. The van der Waals surface area contributed by atoms with Crippen LogP contribution in [0.4, 0.5) is 5.69 Å². The van der Waals surface area contributed by atoms with Crippen LogP contribution in [-0.4, -0.2) is 28.5 Å². The van der Waals surface area contributed by atoms with Crippen molar-refractivity contribution >= 4 is 45.1 Å². The van der Waals surface area contributed by atoms with Gasteiger partial charge in [-0.05, 0) is 34.1 Å². The summed E-state index contributed by atoms with van der Waals surface area (Å²) in [6.07, 6.45) is 4.38. The average Bonchev–Trinajstić information content (AvgIpc) is 2.47. The molecule has 0 fully saturated rings. The van der Waals surface area contributed by atoms with Crippen LogP contribution in [0.15, 0.2) is 41.3 Å². The molecular weight excluding hydrogens is 362 g/mol. The topological polar surface area (TPSA) is 81.2 Å². The summed E-state index contributed by atoms with van der Waals surface area (Å²) in [4.78, 5) is 31.0. The highest BCUT2D eigenvalue weighted by atomic mass is 79.9. The summed E-state index contributed by atoms with van der Waals surface area (Å²) in [5.74, 6) is -1.16. The highest BCUT2D eigenvalue weighted by Crippen LogP contribution is 2.17. The predicted octanol–water partition coefficient (Wildman–Crippen LogP) is 2.69. The number of carbonyl (C=O) groups excluding carboxylic acids is 2. The largest absolute Gasteiger partial charge is 0.452 e. The third-order valence-electron chi connectivity index (χ3n) is 2.31. The van der Waals surface area contributed by atoms with Crippen molar-refractivity contribution in [2.45, 2.75) is 0 Å². The lowest BCUT2D eigenvalue weighted by Gasteiger charge is -2.07. The predicted molar refractivity (Wildman–Crippen MR) is 80.1 cm³/mol. The maximum Gasteiger partial charge on any atom is 0.340 e. The van der Waals surface area contributed by atoms with Crippen molar-refractivity contribution in [3.63, 3.8) is 0 Å². The van der Waals surface area contributed by atoms with E-state index in [2.05, 4.69) is 31.2 Å². The lowest BCUT2D eigenvalue weighted by molar-refractivity contribution is -0.119. The summed E-state index contributed by atoms with van der Waals surface area (Å²) < 4.78 is 5.52. The number of nitrogens with one attached hydrogen (secondary N) is 1. The number of nitrogens with zero attached hydrogens (tertiary/aromatic N) is 2. The minimum atomic E-state index is -0.642. The molecule has 2 rings (SSSR count). The van der Waals surface area contributed by atoms with Gasteiger partial charge in [-0.1, -0.05) is 11.6 Å². The number of amides is 1. The first-order chi connectivity index (χ1) is 10.1. The smallest absolute Gasteiger partial charge is 0.340 e. The zero-order valence-electron chi connectivity index (χ0n) is 10.5. The van der Waals surface area contributed by atoms with Gasteiger partial charge in [0.1, 0.15) is 0 Å². The van der Waals surface area contributed by atoms with Crippen LogP contribution in [0.3, 0.4) is 0 Å². The van der Waals surface area contributed by atoms with Gasteiger partial charge in [0.2, 0.25) is 0 Å². The fourth-order valence-corrected chi connectivity index (χ4v) is 1.93. The van der Waals surface area contributed by atoms with Gasteiger partial charge in [-0.15, -0.1) is 0 Å². The highest BCUT2D eigenvalue weighted by molar-refractivity contribution is 9.10. The number of hydrogen-bond donors (Lipinski definition) is 1. The number of halogens is 2. The molecule has 2 aromatic rings. The Bertz CT molecular complexity index is 681. The first kappa shape index (κ1) is 15.4. The third kappa shape index (κ3) is 4.51. The molecule has 0 aliphatic carbocycles. The average molecular weight is 371 g/mol. The van der Waals surface area contributed by atoms with Crippen molar-refractivity contribution in [1.82, 2.24) is 9.97 Å². The van der Waals surface area contributed by atoms with Crippen LogP contribution in [0.1, 0.15) is 10.4 Å². The van der Waals surface area contributed by atoms with E-state index < -0.39 is 18.5 Å². The fraction of sp³-hybridized carbons (Fsp3) is 0.0769. The van der Waals surface area contributed by atoms with Crippen LogP contribution in [0.2, 0.25) is 5.15 Å². The summed E-state index contributed by atoms with van der Waals surface area (Å²) in [7, 11) is 0. The Kier molecular flexibility index (Phi) is 5.24. The second-order valence-electron chi connectivity index (χ2n) is 3.86. The van der Waals surface area contributed by atoms with Crippen molar-refractivity contribution in [1.29, 1.82) is 0 Å². The van der Waals surface area contributed by atoms with Crippen molar-refractivity contribution in [3.8, 4) is 0 Å². The molecule has 1 amide bonds.